The van der Waals surface area contributed by atoms with Crippen molar-refractivity contribution >= 4 is 11.9 Å². The number of carboxylic acid groups (broad SMARTS) is 1. The summed E-state index contributed by atoms with van der Waals surface area (Å²) in [6.07, 6.45) is 5.91. The van der Waals surface area contributed by atoms with E-state index in [-0.39, 0.29) is 17.9 Å². The predicted molar refractivity (Wildman–Crippen MR) is 83.2 cm³/mol. The molecule has 0 atom stereocenters. The molecule has 0 unspecified atom stereocenters. The molecule has 0 saturated carbocycles. The van der Waals surface area contributed by atoms with Crippen LogP contribution in [0.3, 0.4) is 0 Å². The predicted octanol–water partition coefficient (Wildman–Crippen LogP) is 2.35. The van der Waals surface area contributed by atoms with Crippen LogP contribution in [0, 0.1) is 0 Å². The van der Waals surface area contributed by atoms with Gasteiger partial charge in [0.1, 0.15) is 0 Å². The average Bonchev–Trinajstić information content (AvgIpc) is 2.31. The number of likely N-dealkylation sites (tertiary alicyclic amines) is 1. The van der Waals surface area contributed by atoms with Crippen molar-refractivity contribution in [2.75, 3.05) is 26.2 Å². The molecule has 0 aromatic heterocycles. The Balaban J connectivity index is 2.58. The van der Waals surface area contributed by atoms with E-state index in [2.05, 4.69) is 0 Å². The maximum absolute atomic E-state index is 12.5. The Labute approximate surface area is 128 Å². The zero-order valence-corrected chi connectivity index (χ0v) is 13.7. The fraction of sp³-hybridized carbons (Fsp3) is 0.875. The minimum absolute atomic E-state index is 0.0740. The highest BCUT2D eigenvalue weighted by molar-refractivity contribution is 5.78. The van der Waals surface area contributed by atoms with E-state index in [1.54, 1.807) is 0 Å². The Morgan fingerprint density at radius 1 is 1.05 bits per heavy atom. The summed E-state index contributed by atoms with van der Waals surface area (Å²) in [7, 11) is 0. The van der Waals surface area contributed by atoms with E-state index in [0.717, 1.165) is 25.9 Å². The van der Waals surface area contributed by atoms with Gasteiger partial charge in [0.2, 0.25) is 5.91 Å². The normalized spacial score (nSPS) is 17.4. The second kappa shape index (κ2) is 8.37. The van der Waals surface area contributed by atoms with Crippen molar-refractivity contribution in [3.05, 3.63) is 0 Å². The minimum atomic E-state index is -0.817. The summed E-state index contributed by atoms with van der Waals surface area (Å²) in [5, 5.41) is 8.86. The van der Waals surface area contributed by atoms with Crippen molar-refractivity contribution in [3.63, 3.8) is 0 Å². The lowest BCUT2D eigenvalue weighted by Gasteiger charge is -2.36. The average molecular weight is 298 g/mol. The first-order valence-corrected chi connectivity index (χ1v) is 8.05. The first kappa shape index (κ1) is 18.0. The second-order valence-corrected chi connectivity index (χ2v) is 6.88. The first-order valence-electron chi connectivity index (χ1n) is 8.05. The number of hydrogen-bond acceptors (Lipinski definition) is 3. The number of amides is 1. The molecule has 1 saturated heterocycles. The molecule has 1 aliphatic heterocycles. The lowest BCUT2D eigenvalue weighted by molar-refractivity contribution is -0.139. The smallest absolute Gasteiger partial charge is 0.304 e. The number of hydrogen-bond donors (Lipinski definition) is 1. The van der Waals surface area contributed by atoms with Gasteiger partial charge >= 0.3 is 5.97 Å². The Kier molecular flexibility index (Phi) is 7.15. The van der Waals surface area contributed by atoms with E-state index >= 15 is 0 Å². The van der Waals surface area contributed by atoms with Crippen LogP contribution < -0.4 is 0 Å². The molecule has 1 amide bonds. The molecule has 1 N–H and O–H groups in total. The third kappa shape index (κ3) is 6.93. The lowest BCUT2D eigenvalue weighted by atomic mass is 10.0. The number of carboxylic acids is 1. The Hall–Kier alpha value is -1.10. The largest absolute Gasteiger partial charge is 0.481 e. The van der Waals surface area contributed by atoms with Crippen LogP contribution in [0.2, 0.25) is 0 Å². The molecule has 0 bridgehead atoms. The van der Waals surface area contributed by atoms with Crippen molar-refractivity contribution in [3.8, 4) is 0 Å². The van der Waals surface area contributed by atoms with Gasteiger partial charge in [-0.05, 0) is 33.6 Å². The number of rotatable bonds is 5. The lowest BCUT2D eigenvalue weighted by Crippen LogP contribution is -2.49. The summed E-state index contributed by atoms with van der Waals surface area (Å²) in [6.45, 7) is 8.49. The molecule has 5 heteroatoms. The van der Waals surface area contributed by atoms with Gasteiger partial charge in [0.25, 0.3) is 0 Å². The molecule has 122 valence electrons. The molecule has 0 aliphatic carbocycles. The fourth-order valence-electron chi connectivity index (χ4n) is 2.64. The van der Waals surface area contributed by atoms with Gasteiger partial charge in [-0.15, -0.1) is 0 Å². The van der Waals surface area contributed by atoms with E-state index in [4.69, 9.17) is 5.11 Å². The molecule has 21 heavy (non-hydrogen) atoms. The van der Waals surface area contributed by atoms with Crippen LogP contribution in [0.4, 0.5) is 0 Å². The van der Waals surface area contributed by atoms with Crippen LogP contribution in [-0.2, 0) is 9.59 Å². The van der Waals surface area contributed by atoms with Crippen molar-refractivity contribution in [1.82, 2.24) is 9.80 Å². The third-order valence-electron chi connectivity index (χ3n) is 4.08. The van der Waals surface area contributed by atoms with E-state index < -0.39 is 5.97 Å². The van der Waals surface area contributed by atoms with Crippen LogP contribution in [-0.4, -0.2) is 58.5 Å². The second-order valence-electron chi connectivity index (χ2n) is 6.88. The number of nitrogens with zero attached hydrogens (tertiary/aromatic N) is 2. The zero-order valence-electron chi connectivity index (χ0n) is 13.7. The molecule has 0 radical (unpaired) electrons. The Morgan fingerprint density at radius 2 is 1.57 bits per heavy atom. The van der Waals surface area contributed by atoms with Crippen molar-refractivity contribution < 1.29 is 14.7 Å². The molecule has 0 aromatic rings. The van der Waals surface area contributed by atoms with Gasteiger partial charge in [-0.3, -0.25) is 14.5 Å². The maximum Gasteiger partial charge on any atom is 0.304 e. The van der Waals surface area contributed by atoms with Crippen LogP contribution >= 0.6 is 0 Å². The van der Waals surface area contributed by atoms with Crippen LogP contribution in [0.15, 0.2) is 0 Å². The number of aliphatic carboxylic acids is 1. The molecule has 1 aliphatic rings. The topological polar surface area (TPSA) is 60.9 Å². The fourth-order valence-corrected chi connectivity index (χ4v) is 2.64. The monoisotopic (exact) mass is 298 g/mol. The van der Waals surface area contributed by atoms with Gasteiger partial charge in [0.15, 0.2) is 0 Å². The van der Waals surface area contributed by atoms with E-state index in [0.29, 0.717) is 13.1 Å². The van der Waals surface area contributed by atoms with Crippen molar-refractivity contribution in [2.45, 2.75) is 64.8 Å². The highest BCUT2D eigenvalue weighted by Gasteiger charge is 2.26. The van der Waals surface area contributed by atoms with Crippen molar-refractivity contribution in [1.29, 1.82) is 0 Å². The highest BCUT2D eigenvalue weighted by Crippen LogP contribution is 2.16. The first-order chi connectivity index (χ1) is 9.80. The molecular weight excluding hydrogens is 268 g/mol. The SMILES string of the molecule is CC(C)(C)N(CCC(=O)O)CC(=O)N1CCCCCCC1. The third-order valence-corrected chi connectivity index (χ3v) is 4.08. The van der Waals surface area contributed by atoms with Gasteiger partial charge in [-0.1, -0.05) is 19.3 Å². The Morgan fingerprint density at radius 3 is 2.05 bits per heavy atom. The molecule has 1 heterocycles. The maximum atomic E-state index is 12.5. The summed E-state index contributed by atoms with van der Waals surface area (Å²) in [5.41, 5.74) is -0.201. The van der Waals surface area contributed by atoms with Crippen LogP contribution in [0.1, 0.15) is 59.3 Å². The molecular formula is C16H30N2O3. The molecule has 1 fully saturated rings. The summed E-state index contributed by atoms with van der Waals surface area (Å²) < 4.78 is 0. The standard InChI is InChI=1S/C16H30N2O3/c1-16(2,3)18(12-9-15(20)21)13-14(19)17-10-7-5-4-6-8-11-17/h4-13H2,1-3H3,(H,20,21). The Bertz CT molecular complexity index is 342. The van der Waals surface area contributed by atoms with Gasteiger partial charge < -0.3 is 10.0 Å². The summed E-state index contributed by atoms with van der Waals surface area (Å²) in [5.74, 6) is -0.680. The van der Waals surface area contributed by atoms with Gasteiger partial charge in [-0.25, -0.2) is 0 Å². The molecule has 0 aromatic carbocycles. The summed E-state index contributed by atoms with van der Waals surface area (Å²) in [4.78, 5) is 27.2. The van der Waals surface area contributed by atoms with Gasteiger partial charge in [0.05, 0.1) is 13.0 Å². The van der Waals surface area contributed by atoms with E-state index in [9.17, 15) is 9.59 Å². The molecule has 0 spiro atoms. The van der Waals surface area contributed by atoms with Crippen LogP contribution in [0.5, 0.6) is 0 Å². The zero-order chi connectivity index (χ0) is 15.9. The summed E-state index contributed by atoms with van der Waals surface area (Å²) >= 11 is 0. The molecule has 5 nitrogen and oxygen atoms in total. The number of carbonyl (C=O) groups excluding carboxylic acids is 1. The van der Waals surface area contributed by atoms with E-state index in [1.165, 1.54) is 19.3 Å². The summed E-state index contributed by atoms with van der Waals surface area (Å²) in [6, 6.07) is 0. The van der Waals surface area contributed by atoms with Gasteiger partial charge in [0, 0.05) is 25.2 Å². The number of carbonyl (C=O) groups is 2. The van der Waals surface area contributed by atoms with Crippen molar-refractivity contribution in [2.24, 2.45) is 0 Å². The minimum Gasteiger partial charge on any atom is -0.481 e. The van der Waals surface area contributed by atoms with E-state index in [1.807, 2.05) is 30.6 Å². The molecule has 1 rings (SSSR count). The highest BCUT2D eigenvalue weighted by atomic mass is 16.4. The quantitative estimate of drug-likeness (QED) is 0.846. The van der Waals surface area contributed by atoms with Crippen LogP contribution in [0.25, 0.3) is 0 Å². The van der Waals surface area contributed by atoms with Gasteiger partial charge in [-0.2, -0.15) is 0 Å².